The van der Waals surface area contributed by atoms with Crippen molar-refractivity contribution in [3.8, 4) is 0 Å². The van der Waals surface area contributed by atoms with Crippen molar-refractivity contribution in [2.45, 2.75) is 13.5 Å². The van der Waals surface area contributed by atoms with Crippen LogP contribution in [-0.2, 0) is 23.1 Å². The fourth-order valence-electron chi connectivity index (χ4n) is 1.81. The van der Waals surface area contributed by atoms with E-state index in [4.69, 9.17) is 4.74 Å². The molecule has 1 aromatic rings. The zero-order valence-electron chi connectivity index (χ0n) is 11.0. The van der Waals surface area contributed by atoms with Gasteiger partial charge in [-0.25, -0.2) is 4.79 Å². The van der Waals surface area contributed by atoms with Gasteiger partial charge in [0.1, 0.15) is 6.54 Å². The number of aromatic nitrogens is 2. The fraction of sp³-hybridized carbons (Fsp3) is 0.583. The number of hydrogen-bond acceptors (Lipinski definition) is 4. The first kappa shape index (κ1) is 13.5. The molecule has 1 N–H and O–H groups in total. The number of rotatable bonds is 4. The van der Waals surface area contributed by atoms with Gasteiger partial charge < -0.3 is 10.1 Å². The summed E-state index contributed by atoms with van der Waals surface area (Å²) >= 11 is 0. The molecule has 2 rings (SSSR count). The first-order valence-corrected chi connectivity index (χ1v) is 6.02. The summed E-state index contributed by atoms with van der Waals surface area (Å²) in [6, 6.07) is 1.26. The van der Waals surface area contributed by atoms with Crippen LogP contribution in [0.25, 0.3) is 0 Å². The van der Waals surface area contributed by atoms with Crippen LogP contribution in [0.5, 0.6) is 0 Å². The SMILES string of the molecule is Cn1c(=O)ccn(CC(=O)NCC2(C)COC2)c1=O. The quantitative estimate of drug-likeness (QED) is 0.735. The Morgan fingerprint density at radius 3 is 2.74 bits per heavy atom. The summed E-state index contributed by atoms with van der Waals surface area (Å²) in [6.07, 6.45) is 1.33. The van der Waals surface area contributed by atoms with Crippen molar-refractivity contribution in [2.75, 3.05) is 19.8 Å². The van der Waals surface area contributed by atoms with E-state index in [1.807, 2.05) is 6.92 Å². The van der Waals surface area contributed by atoms with Gasteiger partial charge in [0.15, 0.2) is 0 Å². The van der Waals surface area contributed by atoms with E-state index in [0.29, 0.717) is 19.8 Å². The number of nitrogens with one attached hydrogen (secondary N) is 1. The van der Waals surface area contributed by atoms with Crippen LogP contribution in [0.2, 0.25) is 0 Å². The number of hydrogen-bond donors (Lipinski definition) is 1. The zero-order valence-corrected chi connectivity index (χ0v) is 11.0. The number of amides is 1. The first-order valence-electron chi connectivity index (χ1n) is 6.02. The van der Waals surface area contributed by atoms with Gasteiger partial charge in [-0.05, 0) is 0 Å². The molecule has 1 aliphatic heterocycles. The van der Waals surface area contributed by atoms with E-state index >= 15 is 0 Å². The van der Waals surface area contributed by atoms with Crippen LogP contribution in [-0.4, -0.2) is 34.8 Å². The Bertz CT molecular complexity index is 598. The molecule has 0 radical (unpaired) electrons. The molecule has 0 atom stereocenters. The molecule has 1 fully saturated rings. The molecule has 0 unspecified atom stereocenters. The summed E-state index contributed by atoms with van der Waals surface area (Å²) in [5.41, 5.74) is -0.897. The molecule has 0 spiro atoms. The molecule has 1 amide bonds. The predicted molar refractivity (Wildman–Crippen MR) is 67.9 cm³/mol. The first-order chi connectivity index (χ1) is 8.91. The lowest BCUT2D eigenvalue weighted by atomic mass is 9.89. The number of carbonyl (C=O) groups excluding carboxylic acids is 1. The Balaban J connectivity index is 1.97. The maximum absolute atomic E-state index is 11.7. The molecule has 1 saturated heterocycles. The van der Waals surface area contributed by atoms with Crippen molar-refractivity contribution in [1.82, 2.24) is 14.5 Å². The van der Waals surface area contributed by atoms with Gasteiger partial charge in [0.2, 0.25) is 5.91 Å². The highest BCUT2D eigenvalue weighted by molar-refractivity contribution is 5.75. The highest BCUT2D eigenvalue weighted by Gasteiger charge is 2.33. The van der Waals surface area contributed by atoms with Gasteiger partial charge in [-0.15, -0.1) is 0 Å². The number of carbonyl (C=O) groups is 1. The summed E-state index contributed by atoms with van der Waals surface area (Å²) in [5, 5.41) is 2.77. The summed E-state index contributed by atoms with van der Waals surface area (Å²) in [7, 11) is 1.38. The van der Waals surface area contributed by atoms with E-state index in [2.05, 4.69) is 5.32 Å². The third-order valence-electron chi connectivity index (χ3n) is 3.19. The molecule has 7 heteroatoms. The Morgan fingerprint density at radius 2 is 2.16 bits per heavy atom. The third kappa shape index (κ3) is 2.93. The maximum Gasteiger partial charge on any atom is 0.331 e. The monoisotopic (exact) mass is 267 g/mol. The lowest BCUT2D eigenvalue weighted by Crippen LogP contribution is -2.49. The van der Waals surface area contributed by atoms with Crippen LogP contribution >= 0.6 is 0 Å². The van der Waals surface area contributed by atoms with E-state index in [1.165, 1.54) is 23.9 Å². The van der Waals surface area contributed by atoms with Gasteiger partial charge >= 0.3 is 5.69 Å². The minimum Gasteiger partial charge on any atom is -0.380 e. The molecule has 0 aliphatic carbocycles. The minimum atomic E-state index is -0.499. The van der Waals surface area contributed by atoms with E-state index in [-0.39, 0.29) is 23.4 Å². The second-order valence-corrected chi connectivity index (χ2v) is 5.20. The lowest BCUT2D eigenvalue weighted by molar-refractivity contribution is -0.127. The highest BCUT2D eigenvalue weighted by Crippen LogP contribution is 2.24. The molecular formula is C12H17N3O4. The van der Waals surface area contributed by atoms with Crippen molar-refractivity contribution in [2.24, 2.45) is 12.5 Å². The Labute approximate surface area is 109 Å². The van der Waals surface area contributed by atoms with Gasteiger partial charge in [-0.3, -0.25) is 18.7 Å². The molecule has 2 heterocycles. The van der Waals surface area contributed by atoms with Gasteiger partial charge in [0, 0.05) is 31.3 Å². The zero-order chi connectivity index (χ0) is 14.0. The maximum atomic E-state index is 11.7. The molecule has 0 saturated carbocycles. The normalized spacial score (nSPS) is 16.7. The van der Waals surface area contributed by atoms with Crippen LogP contribution in [0.4, 0.5) is 0 Å². The van der Waals surface area contributed by atoms with Gasteiger partial charge in [-0.1, -0.05) is 6.92 Å². The number of ether oxygens (including phenoxy) is 1. The fourth-order valence-corrected chi connectivity index (χ4v) is 1.81. The second-order valence-electron chi connectivity index (χ2n) is 5.20. The lowest BCUT2D eigenvalue weighted by Gasteiger charge is -2.38. The standard InChI is InChI=1S/C12H17N3O4/c1-12(7-19-8-12)6-13-9(16)5-15-4-3-10(17)14(2)11(15)18/h3-4H,5-8H2,1-2H3,(H,13,16). The van der Waals surface area contributed by atoms with E-state index in [9.17, 15) is 14.4 Å². The second kappa shape index (κ2) is 5.00. The largest absolute Gasteiger partial charge is 0.380 e. The molecule has 7 nitrogen and oxygen atoms in total. The van der Waals surface area contributed by atoms with Crippen LogP contribution in [0.3, 0.4) is 0 Å². The molecule has 1 aromatic heterocycles. The molecule has 1 aliphatic rings. The third-order valence-corrected chi connectivity index (χ3v) is 3.19. The van der Waals surface area contributed by atoms with Crippen molar-refractivity contribution in [3.05, 3.63) is 33.1 Å². The van der Waals surface area contributed by atoms with E-state index in [1.54, 1.807) is 0 Å². The van der Waals surface area contributed by atoms with Crippen molar-refractivity contribution in [1.29, 1.82) is 0 Å². The van der Waals surface area contributed by atoms with Crippen molar-refractivity contribution >= 4 is 5.91 Å². The summed E-state index contributed by atoms with van der Waals surface area (Å²) < 4.78 is 7.26. The van der Waals surface area contributed by atoms with E-state index < -0.39 is 5.69 Å². The smallest absolute Gasteiger partial charge is 0.331 e. The van der Waals surface area contributed by atoms with Gasteiger partial charge in [0.25, 0.3) is 5.56 Å². The Kier molecular flexibility index (Phi) is 3.57. The van der Waals surface area contributed by atoms with Gasteiger partial charge in [0.05, 0.1) is 13.2 Å². The molecular weight excluding hydrogens is 250 g/mol. The summed E-state index contributed by atoms with van der Waals surface area (Å²) in [5.74, 6) is -0.256. The predicted octanol–water partition coefficient (Wildman–Crippen LogP) is -1.30. The van der Waals surface area contributed by atoms with Crippen LogP contribution in [0, 0.1) is 5.41 Å². The van der Waals surface area contributed by atoms with Crippen LogP contribution in [0.1, 0.15) is 6.92 Å². The Hall–Kier alpha value is -1.89. The average molecular weight is 267 g/mol. The highest BCUT2D eigenvalue weighted by atomic mass is 16.5. The molecule has 0 aromatic carbocycles. The van der Waals surface area contributed by atoms with E-state index in [0.717, 1.165) is 4.57 Å². The minimum absolute atomic E-state index is 0.00976. The summed E-state index contributed by atoms with van der Waals surface area (Å²) in [6.45, 7) is 3.71. The van der Waals surface area contributed by atoms with Crippen molar-refractivity contribution in [3.63, 3.8) is 0 Å². The topological polar surface area (TPSA) is 82.3 Å². The van der Waals surface area contributed by atoms with Gasteiger partial charge in [-0.2, -0.15) is 0 Å². The van der Waals surface area contributed by atoms with Crippen molar-refractivity contribution < 1.29 is 9.53 Å². The van der Waals surface area contributed by atoms with Crippen LogP contribution in [0.15, 0.2) is 21.9 Å². The van der Waals surface area contributed by atoms with Crippen LogP contribution < -0.4 is 16.6 Å². The molecule has 0 bridgehead atoms. The molecule has 19 heavy (non-hydrogen) atoms. The number of nitrogens with zero attached hydrogens (tertiary/aromatic N) is 2. The average Bonchev–Trinajstić information content (AvgIpc) is 2.35. The summed E-state index contributed by atoms with van der Waals surface area (Å²) in [4.78, 5) is 34.7. The molecule has 104 valence electrons. The Morgan fingerprint density at radius 1 is 1.47 bits per heavy atom.